The van der Waals surface area contributed by atoms with Gasteiger partial charge in [0, 0.05) is 23.5 Å². The quantitative estimate of drug-likeness (QED) is 0.795. The van der Waals surface area contributed by atoms with Crippen LogP contribution in [0.15, 0.2) is 23.2 Å². The predicted molar refractivity (Wildman–Crippen MR) is 78.4 cm³/mol. The number of aryl methyl sites for hydroxylation is 1. The maximum atomic E-state index is 11.7. The van der Waals surface area contributed by atoms with Crippen molar-refractivity contribution < 1.29 is 9.53 Å². The fourth-order valence-corrected chi connectivity index (χ4v) is 2.47. The first-order chi connectivity index (χ1) is 8.43. The zero-order valence-electron chi connectivity index (χ0n) is 11.2. The molecule has 1 aromatic carbocycles. The first kappa shape index (κ1) is 14.8. The third kappa shape index (κ3) is 2.75. The van der Waals surface area contributed by atoms with Gasteiger partial charge in [0.1, 0.15) is 5.75 Å². The molecular formula is C14H18BrNO2. The number of carbonyl (C=O) groups is 1. The Hall–Kier alpha value is -1.29. The summed E-state index contributed by atoms with van der Waals surface area (Å²) in [4.78, 5) is 13.4. The Morgan fingerprint density at radius 2 is 2.17 bits per heavy atom. The van der Waals surface area contributed by atoms with Crippen molar-refractivity contribution in [2.24, 2.45) is 0 Å². The normalized spacial score (nSPS) is 10.1. The maximum absolute atomic E-state index is 11.7. The largest absolute Gasteiger partial charge is 0.496 e. The molecule has 3 nitrogen and oxygen atoms in total. The lowest BCUT2D eigenvalue weighted by Gasteiger charge is -2.23. The van der Waals surface area contributed by atoms with E-state index in [0.29, 0.717) is 6.54 Å². The minimum atomic E-state index is -0.0143. The van der Waals surface area contributed by atoms with Gasteiger partial charge in [0.05, 0.1) is 12.8 Å². The highest BCUT2D eigenvalue weighted by molar-refractivity contribution is 9.10. The van der Waals surface area contributed by atoms with Crippen molar-refractivity contribution in [2.75, 3.05) is 18.6 Å². The number of methoxy groups -OCH3 is 1. The van der Waals surface area contributed by atoms with Crippen LogP contribution in [0.5, 0.6) is 5.75 Å². The molecule has 0 fully saturated rings. The van der Waals surface area contributed by atoms with E-state index in [1.54, 1.807) is 25.0 Å². The van der Waals surface area contributed by atoms with E-state index in [4.69, 9.17) is 4.74 Å². The summed E-state index contributed by atoms with van der Waals surface area (Å²) in [7, 11) is 1.65. The lowest BCUT2D eigenvalue weighted by molar-refractivity contribution is -0.116. The number of anilines is 1. The number of nitrogens with zero attached hydrogens (tertiary/aromatic N) is 1. The van der Waals surface area contributed by atoms with Gasteiger partial charge < -0.3 is 9.64 Å². The highest BCUT2D eigenvalue weighted by Crippen LogP contribution is 2.37. The summed E-state index contributed by atoms with van der Waals surface area (Å²) in [5.74, 6) is 0.826. The Balaban J connectivity index is 3.40. The molecule has 0 aliphatic carbocycles. The number of halogens is 1. The van der Waals surface area contributed by atoms with Crippen molar-refractivity contribution in [3.8, 4) is 5.75 Å². The summed E-state index contributed by atoms with van der Waals surface area (Å²) in [6.45, 7) is 9.64. The molecule has 0 N–H and O–H groups in total. The molecular weight excluding hydrogens is 294 g/mol. The van der Waals surface area contributed by atoms with Crippen LogP contribution in [-0.2, 0) is 4.79 Å². The van der Waals surface area contributed by atoms with Crippen LogP contribution in [0.2, 0.25) is 0 Å². The Morgan fingerprint density at radius 3 is 2.61 bits per heavy atom. The summed E-state index contributed by atoms with van der Waals surface area (Å²) >= 11 is 3.54. The molecule has 0 heterocycles. The van der Waals surface area contributed by atoms with Gasteiger partial charge in [0.2, 0.25) is 5.91 Å². The molecule has 0 aliphatic rings. The second-order valence-corrected chi connectivity index (χ2v) is 4.90. The molecule has 18 heavy (non-hydrogen) atoms. The van der Waals surface area contributed by atoms with Crippen LogP contribution < -0.4 is 9.64 Å². The van der Waals surface area contributed by atoms with Crippen LogP contribution in [0, 0.1) is 13.8 Å². The molecule has 98 valence electrons. The Bertz CT molecular complexity index is 483. The van der Waals surface area contributed by atoms with Gasteiger partial charge in [0.25, 0.3) is 0 Å². The third-order valence-corrected chi connectivity index (χ3v) is 3.79. The van der Waals surface area contributed by atoms with E-state index in [1.165, 1.54) is 0 Å². The molecule has 0 saturated carbocycles. The van der Waals surface area contributed by atoms with Gasteiger partial charge in [0.15, 0.2) is 0 Å². The van der Waals surface area contributed by atoms with Crippen LogP contribution in [0.4, 0.5) is 5.69 Å². The van der Waals surface area contributed by atoms with Crippen LogP contribution in [-0.4, -0.2) is 19.6 Å². The van der Waals surface area contributed by atoms with Gasteiger partial charge in [-0.05, 0) is 41.4 Å². The van der Waals surface area contributed by atoms with Crippen molar-refractivity contribution in [1.29, 1.82) is 0 Å². The van der Waals surface area contributed by atoms with Crippen LogP contribution in [0.25, 0.3) is 0 Å². The van der Waals surface area contributed by atoms with E-state index in [2.05, 4.69) is 22.5 Å². The monoisotopic (exact) mass is 311 g/mol. The van der Waals surface area contributed by atoms with E-state index in [1.807, 2.05) is 19.9 Å². The van der Waals surface area contributed by atoms with Gasteiger partial charge >= 0.3 is 0 Å². The van der Waals surface area contributed by atoms with Crippen molar-refractivity contribution in [1.82, 2.24) is 0 Å². The second-order valence-electron chi connectivity index (χ2n) is 4.10. The zero-order chi connectivity index (χ0) is 13.9. The van der Waals surface area contributed by atoms with Gasteiger partial charge in [-0.2, -0.15) is 0 Å². The predicted octanol–water partition coefficient (Wildman–Crippen LogP) is 3.61. The molecule has 0 radical (unpaired) electrons. The molecule has 0 atom stereocenters. The molecule has 1 rings (SSSR count). The van der Waals surface area contributed by atoms with Crippen LogP contribution in [0.1, 0.15) is 18.1 Å². The molecule has 0 spiro atoms. The lowest BCUT2D eigenvalue weighted by Crippen LogP contribution is -2.29. The summed E-state index contributed by atoms with van der Waals surface area (Å²) in [5, 5.41) is 0. The standard InChI is InChI=1S/C14H18BrNO2/c1-6-7-16(11(4)17)12-8-9(2)14(18-5)10(3)13(12)15/h6,8H,1,7H2,2-5H3. The summed E-state index contributed by atoms with van der Waals surface area (Å²) in [6, 6.07) is 1.95. The number of benzene rings is 1. The molecule has 0 aromatic heterocycles. The number of ether oxygens (including phenoxy) is 1. The van der Waals surface area contributed by atoms with E-state index in [9.17, 15) is 4.79 Å². The van der Waals surface area contributed by atoms with E-state index < -0.39 is 0 Å². The Morgan fingerprint density at radius 1 is 1.56 bits per heavy atom. The van der Waals surface area contributed by atoms with Crippen LogP contribution in [0.3, 0.4) is 0 Å². The zero-order valence-corrected chi connectivity index (χ0v) is 12.8. The van der Waals surface area contributed by atoms with E-state index in [0.717, 1.165) is 27.0 Å². The SMILES string of the molecule is C=CCN(C(C)=O)c1cc(C)c(OC)c(C)c1Br. The average Bonchev–Trinajstić information content (AvgIpc) is 2.31. The van der Waals surface area contributed by atoms with Crippen molar-refractivity contribution in [3.63, 3.8) is 0 Å². The summed E-state index contributed by atoms with van der Waals surface area (Å²) in [6.07, 6.45) is 1.71. The molecule has 0 bridgehead atoms. The number of carbonyl (C=O) groups excluding carboxylic acids is 1. The van der Waals surface area contributed by atoms with Crippen LogP contribution >= 0.6 is 15.9 Å². The Kier molecular flexibility index (Phi) is 4.96. The fraction of sp³-hybridized carbons (Fsp3) is 0.357. The molecule has 0 aliphatic heterocycles. The maximum Gasteiger partial charge on any atom is 0.224 e. The molecule has 0 unspecified atom stereocenters. The number of amides is 1. The molecule has 1 aromatic rings. The fourth-order valence-electron chi connectivity index (χ4n) is 1.96. The first-order valence-electron chi connectivity index (χ1n) is 5.66. The molecule has 1 amide bonds. The first-order valence-corrected chi connectivity index (χ1v) is 6.46. The smallest absolute Gasteiger partial charge is 0.224 e. The minimum Gasteiger partial charge on any atom is -0.496 e. The lowest BCUT2D eigenvalue weighted by atomic mass is 10.1. The van der Waals surface area contributed by atoms with Crippen molar-refractivity contribution in [2.45, 2.75) is 20.8 Å². The van der Waals surface area contributed by atoms with Crippen molar-refractivity contribution >= 4 is 27.5 Å². The number of rotatable bonds is 4. The number of hydrogen-bond donors (Lipinski definition) is 0. The topological polar surface area (TPSA) is 29.5 Å². The average molecular weight is 312 g/mol. The van der Waals surface area contributed by atoms with Gasteiger partial charge in [-0.25, -0.2) is 0 Å². The summed E-state index contributed by atoms with van der Waals surface area (Å²) in [5.41, 5.74) is 2.84. The highest BCUT2D eigenvalue weighted by atomic mass is 79.9. The van der Waals surface area contributed by atoms with Gasteiger partial charge in [-0.3, -0.25) is 4.79 Å². The second kappa shape index (κ2) is 6.05. The van der Waals surface area contributed by atoms with E-state index >= 15 is 0 Å². The third-order valence-electron chi connectivity index (χ3n) is 2.79. The molecule has 4 heteroatoms. The molecule has 0 saturated heterocycles. The van der Waals surface area contributed by atoms with E-state index in [-0.39, 0.29) is 5.91 Å². The number of hydrogen-bond acceptors (Lipinski definition) is 2. The Labute approximate surface area is 117 Å². The highest BCUT2D eigenvalue weighted by Gasteiger charge is 2.18. The summed E-state index contributed by atoms with van der Waals surface area (Å²) < 4.78 is 6.24. The van der Waals surface area contributed by atoms with Gasteiger partial charge in [-0.1, -0.05) is 6.08 Å². The van der Waals surface area contributed by atoms with Gasteiger partial charge in [-0.15, -0.1) is 6.58 Å². The van der Waals surface area contributed by atoms with Crippen molar-refractivity contribution in [3.05, 3.63) is 34.3 Å². The minimum absolute atomic E-state index is 0.0143.